The smallest absolute Gasteiger partial charge is 1.00 e. The molecule has 6 nitrogen and oxygen atoms in total. The van der Waals surface area contributed by atoms with Crippen LogP contribution in [0.4, 0.5) is 9.59 Å². The van der Waals surface area contributed by atoms with E-state index in [1.54, 1.807) is 0 Å². The maximum Gasteiger partial charge on any atom is 2.00 e. The van der Waals surface area contributed by atoms with Crippen molar-refractivity contribution in [1.29, 1.82) is 0 Å². The third-order valence-corrected chi connectivity index (χ3v) is 0. The van der Waals surface area contributed by atoms with Crippen LogP contribution in [0.15, 0.2) is 0 Å². The largest absolute Gasteiger partial charge is 2.00 e. The fourth-order valence-electron chi connectivity index (χ4n) is 0. The van der Waals surface area contributed by atoms with Crippen LogP contribution < -0.4 is 51.4 Å². The number of hydrogen-bond acceptors (Lipinski definition) is 2. The van der Waals surface area contributed by atoms with Crippen LogP contribution in [0, 0.1) is 0 Å². The Morgan fingerprint density at radius 3 is 0.900 bits per heavy atom. The Morgan fingerprint density at radius 2 is 0.900 bits per heavy atom. The second-order valence-electron chi connectivity index (χ2n) is 0.565. The first kappa shape index (κ1) is 22.5. The van der Waals surface area contributed by atoms with E-state index in [4.69, 9.17) is 30.0 Å². The normalized spacial score (nSPS) is 4.80. The van der Waals surface area contributed by atoms with Gasteiger partial charge in [-0.15, -0.1) is 0 Å². The second-order valence-corrected chi connectivity index (χ2v) is 0.565. The number of rotatable bonds is 0. The van der Waals surface area contributed by atoms with Crippen molar-refractivity contribution in [3.05, 3.63) is 0 Å². The molecule has 10 heavy (non-hydrogen) atoms. The molecule has 0 bridgehead atoms. The SMILES string of the molecule is O=C(O)O.O=C(O)O.[Ca+2].[H-].[H-].[H-].[K+]. The zero-order valence-corrected chi connectivity index (χ0v) is 10.6. The van der Waals surface area contributed by atoms with Crippen molar-refractivity contribution < 1.29 is 85.7 Å². The fourth-order valence-corrected chi connectivity index (χ4v) is 0. The van der Waals surface area contributed by atoms with Crippen LogP contribution in [-0.2, 0) is 0 Å². The molecule has 0 heterocycles. The summed E-state index contributed by atoms with van der Waals surface area (Å²) in [5.74, 6) is 0. The Kier molecular flexibility index (Phi) is 37.9. The van der Waals surface area contributed by atoms with Gasteiger partial charge in [-0.2, -0.15) is 0 Å². The van der Waals surface area contributed by atoms with Crippen molar-refractivity contribution in [2.24, 2.45) is 0 Å². The molecule has 0 aliphatic carbocycles. The van der Waals surface area contributed by atoms with Crippen molar-refractivity contribution >= 4 is 50.0 Å². The van der Waals surface area contributed by atoms with Gasteiger partial charge in [0.25, 0.3) is 0 Å². The average Bonchev–Trinajstić information content (AvgIpc) is 1.25. The van der Waals surface area contributed by atoms with E-state index in [-0.39, 0.29) is 93.4 Å². The standard InChI is InChI=1S/2CH2O3.Ca.K.3H/c2*2-1(3)4;;;;;/h2*(H2,2,3,4);;;;;/q;;+2;+1;3*-1. The van der Waals surface area contributed by atoms with Gasteiger partial charge in [0.05, 0.1) is 0 Å². The van der Waals surface area contributed by atoms with Gasteiger partial charge in [0.15, 0.2) is 0 Å². The molecule has 4 N–H and O–H groups in total. The molecule has 0 aromatic rings. The van der Waals surface area contributed by atoms with Crippen LogP contribution in [0.2, 0.25) is 0 Å². The molecule has 0 fully saturated rings. The summed E-state index contributed by atoms with van der Waals surface area (Å²) in [5.41, 5.74) is 0. The van der Waals surface area contributed by atoms with E-state index >= 15 is 0 Å². The summed E-state index contributed by atoms with van der Waals surface area (Å²) in [6, 6.07) is 0. The van der Waals surface area contributed by atoms with Gasteiger partial charge < -0.3 is 24.7 Å². The fraction of sp³-hybridized carbons (Fsp3) is 0. The van der Waals surface area contributed by atoms with Gasteiger partial charge in [-0.05, 0) is 0 Å². The Morgan fingerprint density at radius 1 is 0.900 bits per heavy atom. The zero-order chi connectivity index (χ0) is 7.15. The van der Waals surface area contributed by atoms with E-state index in [1.165, 1.54) is 0 Å². The van der Waals surface area contributed by atoms with Gasteiger partial charge >= 0.3 is 101 Å². The Balaban J connectivity index is -0.00000000800. The van der Waals surface area contributed by atoms with Gasteiger partial charge in [0, 0.05) is 0 Å². The average molecular weight is 206 g/mol. The van der Waals surface area contributed by atoms with Gasteiger partial charge in [0.1, 0.15) is 0 Å². The quantitative estimate of drug-likeness (QED) is 0.323. The predicted molar refractivity (Wildman–Crippen MR) is 30.4 cm³/mol. The number of carbonyl (C=O) groups is 2. The summed E-state index contributed by atoms with van der Waals surface area (Å²) in [6.45, 7) is 0. The first-order valence-electron chi connectivity index (χ1n) is 1.30. The molecule has 0 aromatic heterocycles. The van der Waals surface area contributed by atoms with E-state index in [2.05, 4.69) is 0 Å². The first-order valence-corrected chi connectivity index (χ1v) is 1.30. The van der Waals surface area contributed by atoms with E-state index in [0.29, 0.717) is 0 Å². The van der Waals surface area contributed by atoms with Crippen molar-refractivity contribution in [2.45, 2.75) is 0 Å². The Labute approximate surface area is 133 Å². The molecular formula is C2H7CaKO6. The van der Waals surface area contributed by atoms with Gasteiger partial charge in [0.2, 0.25) is 0 Å². The van der Waals surface area contributed by atoms with Gasteiger partial charge in [-0.3, -0.25) is 0 Å². The van der Waals surface area contributed by atoms with Crippen LogP contribution in [0.25, 0.3) is 0 Å². The van der Waals surface area contributed by atoms with E-state index in [1.807, 2.05) is 0 Å². The molecule has 0 spiro atoms. The zero-order valence-electron chi connectivity index (χ0n) is 8.31. The molecule has 0 radical (unpaired) electrons. The number of carboxylic acid groups (broad SMARTS) is 4. The van der Waals surface area contributed by atoms with E-state index < -0.39 is 12.3 Å². The summed E-state index contributed by atoms with van der Waals surface area (Å²) in [4.78, 5) is 17.1. The molecule has 0 saturated heterocycles. The summed E-state index contributed by atoms with van der Waals surface area (Å²) in [7, 11) is 0. The van der Waals surface area contributed by atoms with Crippen LogP contribution in [-0.4, -0.2) is 70.5 Å². The molecule has 0 aliphatic heterocycles. The van der Waals surface area contributed by atoms with Crippen LogP contribution in [0.5, 0.6) is 0 Å². The molecule has 0 aliphatic rings. The molecule has 0 amide bonds. The van der Waals surface area contributed by atoms with E-state index in [0.717, 1.165) is 0 Å². The Hall–Kier alpha value is 1.44. The molecule has 0 aromatic carbocycles. The minimum Gasteiger partial charge on any atom is -1.00 e. The maximum absolute atomic E-state index is 8.56. The van der Waals surface area contributed by atoms with Crippen molar-refractivity contribution in [3.8, 4) is 0 Å². The predicted octanol–water partition coefficient (Wildman–Crippen LogP) is -2.59. The molecule has 8 heteroatoms. The molecule has 0 rings (SSSR count). The van der Waals surface area contributed by atoms with Gasteiger partial charge in [-0.1, -0.05) is 0 Å². The van der Waals surface area contributed by atoms with E-state index in [9.17, 15) is 0 Å². The second kappa shape index (κ2) is 16.8. The van der Waals surface area contributed by atoms with Crippen LogP contribution >= 0.6 is 0 Å². The minimum absolute atomic E-state index is 0. The summed E-state index contributed by atoms with van der Waals surface area (Å²) in [6.07, 6.45) is -3.67. The minimum atomic E-state index is -1.83. The molecular weight excluding hydrogens is 199 g/mol. The van der Waals surface area contributed by atoms with Crippen LogP contribution in [0.3, 0.4) is 0 Å². The van der Waals surface area contributed by atoms with Crippen molar-refractivity contribution in [2.75, 3.05) is 0 Å². The third-order valence-electron chi connectivity index (χ3n) is 0. The summed E-state index contributed by atoms with van der Waals surface area (Å²) >= 11 is 0. The summed E-state index contributed by atoms with van der Waals surface area (Å²) in [5, 5.41) is 27.9. The van der Waals surface area contributed by atoms with Crippen molar-refractivity contribution in [1.82, 2.24) is 0 Å². The molecule has 0 atom stereocenters. The molecule has 0 saturated carbocycles. The molecule has 54 valence electrons. The first-order chi connectivity index (χ1) is 3.46. The third kappa shape index (κ3) is 326. The van der Waals surface area contributed by atoms with Crippen LogP contribution in [0.1, 0.15) is 4.28 Å². The maximum atomic E-state index is 8.56. The molecule has 0 unspecified atom stereocenters. The van der Waals surface area contributed by atoms with Crippen molar-refractivity contribution in [3.63, 3.8) is 0 Å². The topological polar surface area (TPSA) is 115 Å². The number of hydrogen-bond donors (Lipinski definition) is 4. The van der Waals surface area contributed by atoms with Gasteiger partial charge in [-0.25, -0.2) is 9.59 Å². The summed E-state index contributed by atoms with van der Waals surface area (Å²) < 4.78 is 0. The Bertz CT molecular complexity index is 83.9. The monoisotopic (exact) mass is 206 g/mol.